The molecule has 116 valence electrons. The molecule has 1 aliphatic rings. The van der Waals surface area contributed by atoms with E-state index in [-0.39, 0.29) is 29.2 Å². The molecule has 5 nitrogen and oxygen atoms in total. The second-order valence-corrected chi connectivity index (χ2v) is 7.45. The van der Waals surface area contributed by atoms with Crippen molar-refractivity contribution >= 4 is 15.7 Å². The summed E-state index contributed by atoms with van der Waals surface area (Å²) < 4.78 is 41.4. The van der Waals surface area contributed by atoms with Crippen molar-refractivity contribution < 1.29 is 22.3 Å². The van der Waals surface area contributed by atoms with Gasteiger partial charge in [0.15, 0.2) is 15.9 Å². The molecule has 0 radical (unpaired) electrons. The van der Waals surface area contributed by atoms with E-state index in [1.165, 1.54) is 23.1 Å². The maximum atomic E-state index is 13.1. The molecule has 0 aliphatic carbocycles. The van der Waals surface area contributed by atoms with Crippen LogP contribution in [0.1, 0.15) is 13.3 Å². The summed E-state index contributed by atoms with van der Waals surface area (Å²) in [5.41, 5.74) is 0. The lowest BCUT2D eigenvalue weighted by atomic mass is 10.2. The van der Waals surface area contributed by atoms with Gasteiger partial charge in [0.25, 0.3) is 5.91 Å². The number of hydrogen-bond acceptors (Lipinski definition) is 4. The lowest BCUT2D eigenvalue weighted by molar-refractivity contribution is -0.138. The minimum atomic E-state index is -3.05. The number of sulfone groups is 1. The molecule has 0 N–H and O–H groups in total. The molecule has 2 rings (SSSR count). The molecule has 1 heterocycles. The van der Waals surface area contributed by atoms with E-state index in [0.717, 1.165) is 0 Å². The summed E-state index contributed by atoms with van der Waals surface area (Å²) in [4.78, 5) is 13.7. The number of carbonyl (C=O) groups is 1. The molecule has 1 amide bonds. The van der Waals surface area contributed by atoms with Crippen molar-refractivity contribution in [1.82, 2.24) is 4.90 Å². The standard InChI is InChI=1S/C14H18FNO4S/c1-10(20-13-5-3-4-11(15)8-13)14(17)16(2)12-6-7-21(18,19)9-12/h3-5,8,10,12H,6-7,9H2,1-2H3. The molecule has 2 unspecified atom stereocenters. The number of ether oxygens (including phenoxy) is 1. The smallest absolute Gasteiger partial charge is 0.263 e. The van der Waals surface area contributed by atoms with Crippen LogP contribution in [0, 0.1) is 5.82 Å². The van der Waals surface area contributed by atoms with Gasteiger partial charge in [0, 0.05) is 19.2 Å². The predicted molar refractivity (Wildman–Crippen MR) is 76.3 cm³/mol. The fourth-order valence-corrected chi connectivity index (χ4v) is 4.12. The molecule has 0 bridgehead atoms. The average Bonchev–Trinajstić information content (AvgIpc) is 2.77. The van der Waals surface area contributed by atoms with E-state index in [0.29, 0.717) is 6.42 Å². The van der Waals surface area contributed by atoms with E-state index in [9.17, 15) is 17.6 Å². The van der Waals surface area contributed by atoms with Crippen LogP contribution < -0.4 is 4.74 Å². The summed E-state index contributed by atoms with van der Waals surface area (Å²) in [6, 6.07) is 5.22. The molecule has 0 saturated carbocycles. The molecular weight excluding hydrogens is 297 g/mol. The van der Waals surface area contributed by atoms with Gasteiger partial charge in [0.05, 0.1) is 11.5 Å². The van der Waals surface area contributed by atoms with Gasteiger partial charge in [-0.25, -0.2) is 12.8 Å². The molecule has 1 saturated heterocycles. The molecule has 1 aliphatic heterocycles. The predicted octanol–water partition coefficient (Wildman–Crippen LogP) is 1.24. The summed E-state index contributed by atoms with van der Waals surface area (Å²) in [5.74, 6) is -0.400. The zero-order valence-corrected chi connectivity index (χ0v) is 12.8. The number of benzene rings is 1. The van der Waals surface area contributed by atoms with Crippen LogP contribution in [0.2, 0.25) is 0 Å². The van der Waals surface area contributed by atoms with Gasteiger partial charge in [-0.1, -0.05) is 6.07 Å². The highest BCUT2D eigenvalue weighted by molar-refractivity contribution is 7.91. The summed E-state index contributed by atoms with van der Waals surface area (Å²) in [5, 5.41) is 0. The first-order valence-electron chi connectivity index (χ1n) is 6.68. The monoisotopic (exact) mass is 315 g/mol. The van der Waals surface area contributed by atoms with Crippen molar-refractivity contribution in [3.63, 3.8) is 0 Å². The third-order valence-electron chi connectivity index (χ3n) is 3.56. The number of hydrogen-bond donors (Lipinski definition) is 0. The van der Waals surface area contributed by atoms with Crippen LogP contribution in [-0.2, 0) is 14.6 Å². The van der Waals surface area contributed by atoms with Gasteiger partial charge < -0.3 is 9.64 Å². The van der Waals surface area contributed by atoms with Gasteiger partial charge in [0.1, 0.15) is 11.6 Å². The van der Waals surface area contributed by atoms with Crippen molar-refractivity contribution in [3.05, 3.63) is 30.1 Å². The van der Waals surface area contributed by atoms with E-state index < -0.39 is 21.8 Å². The molecule has 1 fully saturated rings. The molecule has 2 atom stereocenters. The first-order chi connectivity index (χ1) is 9.78. The van der Waals surface area contributed by atoms with Crippen LogP contribution in [0.3, 0.4) is 0 Å². The maximum Gasteiger partial charge on any atom is 0.263 e. The minimum absolute atomic E-state index is 0.0120. The molecule has 0 spiro atoms. The summed E-state index contributed by atoms with van der Waals surface area (Å²) >= 11 is 0. The quantitative estimate of drug-likeness (QED) is 0.838. The Hall–Kier alpha value is -1.63. The van der Waals surface area contributed by atoms with Crippen LogP contribution in [0.25, 0.3) is 0 Å². The van der Waals surface area contributed by atoms with Crippen molar-refractivity contribution in [2.45, 2.75) is 25.5 Å². The van der Waals surface area contributed by atoms with E-state index in [1.54, 1.807) is 20.0 Å². The van der Waals surface area contributed by atoms with Crippen molar-refractivity contribution in [1.29, 1.82) is 0 Å². The largest absolute Gasteiger partial charge is 0.481 e. The third kappa shape index (κ3) is 3.93. The minimum Gasteiger partial charge on any atom is -0.481 e. The Morgan fingerprint density at radius 2 is 2.19 bits per heavy atom. The normalized spacial score (nSPS) is 21.8. The topological polar surface area (TPSA) is 63.7 Å². The summed E-state index contributed by atoms with van der Waals surface area (Å²) in [6.45, 7) is 1.56. The number of halogens is 1. The van der Waals surface area contributed by atoms with Crippen molar-refractivity contribution in [3.8, 4) is 5.75 Å². The van der Waals surface area contributed by atoms with Gasteiger partial charge in [-0.15, -0.1) is 0 Å². The maximum absolute atomic E-state index is 13.1. The van der Waals surface area contributed by atoms with Crippen LogP contribution >= 0.6 is 0 Å². The van der Waals surface area contributed by atoms with Crippen LogP contribution in [-0.4, -0.2) is 49.9 Å². The van der Waals surface area contributed by atoms with Gasteiger partial charge in [0.2, 0.25) is 0 Å². The first kappa shape index (κ1) is 15.8. The molecule has 21 heavy (non-hydrogen) atoms. The highest BCUT2D eigenvalue weighted by Gasteiger charge is 2.34. The molecular formula is C14H18FNO4S. The second kappa shape index (κ2) is 6.01. The van der Waals surface area contributed by atoms with Gasteiger partial charge >= 0.3 is 0 Å². The average molecular weight is 315 g/mol. The number of rotatable bonds is 4. The fraction of sp³-hybridized carbons (Fsp3) is 0.500. The third-order valence-corrected chi connectivity index (χ3v) is 5.31. The van der Waals surface area contributed by atoms with Gasteiger partial charge in [-0.05, 0) is 25.5 Å². The summed E-state index contributed by atoms with van der Waals surface area (Å²) in [6.07, 6.45) is -0.364. The molecule has 0 aromatic heterocycles. The SMILES string of the molecule is CC(Oc1cccc(F)c1)C(=O)N(C)C1CCS(=O)(=O)C1. The van der Waals surface area contributed by atoms with E-state index >= 15 is 0 Å². The zero-order valence-electron chi connectivity index (χ0n) is 12.0. The Morgan fingerprint density at radius 3 is 2.76 bits per heavy atom. The zero-order chi connectivity index (χ0) is 15.6. The first-order valence-corrected chi connectivity index (χ1v) is 8.50. The lowest BCUT2D eigenvalue weighted by Gasteiger charge is -2.26. The molecule has 7 heteroatoms. The molecule has 1 aromatic rings. The number of likely N-dealkylation sites (N-methyl/N-ethyl adjacent to an activating group) is 1. The Morgan fingerprint density at radius 1 is 1.48 bits per heavy atom. The number of amides is 1. The van der Waals surface area contributed by atoms with E-state index in [2.05, 4.69) is 0 Å². The second-order valence-electron chi connectivity index (χ2n) is 5.22. The van der Waals surface area contributed by atoms with E-state index in [1.807, 2.05) is 0 Å². The van der Waals surface area contributed by atoms with Gasteiger partial charge in [-0.3, -0.25) is 4.79 Å². The summed E-state index contributed by atoms with van der Waals surface area (Å²) in [7, 11) is -1.48. The number of nitrogens with zero attached hydrogens (tertiary/aromatic N) is 1. The Kier molecular flexibility index (Phi) is 4.51. The lowest BCUT2D eigenvalue weighted by Crippen LogP contribution is -2.44. The van der Waals surface area contributed by atoms with Crippen LogP contribution in [0.5, 0.6) is 5.75 Å². The van der Waals surface area contributed by atoms with Gasteiger partial charge in [-0.2, -0.15) is 0 Å². The Labute approximate surface area is 123 Å². The fourth-order valence-electron chi connectivity index (χ4n) is 2.34. The van der Waals surface area contributed by atoms with Crippen LogP contribution in [0.15, 0.2) is 24.3 Å². The van der Waals surface area contributed by atoms with Crippen LogP contribution in [0.4, 0.5) is 4.39 Å². The number of carbonyl (C=O) groups excluding carboxylic acids is 1. The highest BCUT2D eigenvalue weighted by atomic mass is 32.2. The van der Waals surface area contributed by atoms with E-state index in [4.69, 9.17) is 4.74 Å². The Bertz CT molecular complexity index is 632. The molecule has 1 aromatic carbocycles. The van der Waals surface area contributed by atoms with Crippen molar-refractivity contribution in [2.24, 2.45) is 0 Å². The van der Waals surface area contributed by atoms with Crippen molar-refractivity contribution in [2.75, 3.05) is 18.6 Å². The Balaban J connectivity index is 1.99. The highest BCUT2D eigenvalue weighted by Crippen LogP contribution is 2.19.